The van der Waals surface area contributed by atoms with E-state index in [4.69, 9.17) is 5.26 Å². The van der Waals surface area contributed by atoms with Gasteiger partial charge < -0.3 is 14.8 Å². The van der Waals surface area contributed by atoms with Gasteiger partial charge in [0.05, 0.1) is 42.3 Å². The predicted molar refractivity (Wildman–Crippen MR) is 138 cm³/mol. The number of carbonyl (C=O) groups excluding carboxylic acids is 1. The van der Waals surface area contributed by atoms with Crippen molar-refractivity contribution in [2.24, 2.45) is 18.9 Å². The lowest BCUT2D eigenvalue weighted by Gasteiger charge is -2.20. The summed E-state index contributed by atoms with van der Waals surface area (Å²) in [5, 5.41) is 11.7. The molecule has 3 atom stereocenters. The summed E-state index contributed by atoms with van der Waals surface area (Å²) in [6.45, 7) is 1.66. The highest BCUT2D eigenvalue weighted by Crippen LogP contribution is 2.59. The van der Waals surface area contributed by atoms with Gasteiger partial charge in [-0.2, -0.15) is 5.26 Å². The Hall–Kier alpha value is -5.00. The highest BCUT2D eigenvalue weighted by Gasteiger charge is 2.71. The number of aryl methyl sites for hydroxylation is 1. The molecule has 2 aliphatic rings. The number of aromatic nitrogens is 7. The minimum absolute atomic E-state index is 0.00465. The van der Waals surface area contributed by atoms with Crippen molar-refractivity contribution in [2.45, 2.75) is 25.4 Å². The fourth-order valence-corrected chi connectivity index (χ4v) is 5.13. The minimum Gasteiger partial charge on any atom is -0.356 e. The number of hydrogen-bond acceptors (Lipinski definition) is 9. The quantitative estimate of drug-likeness (QED) is 0.374. The molecule has 1 aliphatic heterocycles. The first-order chi connectivity index (χ1) is 19.1. The summed E-state index contributed by atoms with van der Waals surface area (Å²) < 4.78 is 30.3. The Balaban J connectivity index is 1.20. The Morgan fingerprint density at radius 2 is 1.95 bits per heavy atom. The second-order valence-corrected chi connectivity index (χ2v) is 9.87. The third-order valence-electron chi connectivity index (χ3n) is 7.54. The molecule has 1 unspecified atom stereocenters. The second kappa shape index (κ2) is 9.04. The number of nitrogens with zero attached hydrogens (tertiary/aromatic N) is 9. The number of nitriles is 1. The van der Waals surface area contributed by atoms with Gasteiger partial charge in [-0.1, -0.05) is 0 Å². The van der Waals surface area contributed by atoms with E-state index < -0.39 is 47.5 Å². The fourth-order valence-electron chi connectivity index (χ4n) is 5.13. The lowest BCUT2D eigenvalue weighted by Crippen LogP contribution is -2.40. The molecular formula is C25H22F2N10O3. The molecule has 4 aromatic rings. The Morgan fingerprint density at radius 3 is 2.62 bits per heavy atom. The highest BCUT2D eigenvalue weighted by atomic mass is 19.3. The van der Waals surface area contributed by atoms with Gasteiger partial charge in [-0.25, -0.2) is 33.1 Å². The zero-order valence-electron chi connectivity index (χ0n) is 21.3. The zero-order valence-corrected chi connectivity index (χ0v) is 21.3. The van der Waals surface area contributed by atoms with E-state index in [1.165, 1.54) is 30.3 Å². The van der Waals surface area contributed by atoms with Gasteiger partial charge in [0.1, 0.15) is 18.4 Å². The van der Waals surface area contributed by atoms with Gasteiger partial charge in [0, 0.05) is 31.9 Å². The number of halogens is 2. The molecule has 15 heteroatoms. The number of fused-ring (bicyclic) bond motifs is 2. The smallest absolute Gasteiger partial charge is 0.333 e. The molecule has 1 saturated heterocycles. The van der Waals surface area contributed by atoms with Gasteiger partial charge in [-0.3, -0.25) is 19.1 Å². The maximum atomic E-state index is 13.5. The third kappa shape index (κ3) is 3.91. The molecule has 0 aromatic carbocycles. The Kier molecular flexibility index (Phi) is 5.71. The minimum atomic E-state index is -2.56. The highest BCUT2D eigenvalue weighted by molar-refractivity contribution is 5.93. The standard InChI is InChI=1S/C25H22F2N10O3/c1-13(37-12-31-21-20(37)23(39)36(6-5-28)24(40)34(21)2)22(38)33-18-9-29-8-17(32-18)14-3-4-19(30-7-14)35-10-15-16(11-35)25(15,26)27/h3-4,7-9,12-13,15-16H,6,10-11H2,1-2H3,(H,32,33,38)/t13-,15-,16?/m0/s1. The number of hydrogen-bond donors (Lipinski definition) is 1. The lowest BCUT2D eigenvalue weighted by atomic mass is 10.2. The first kappa shape index (κ1) is 25.3. The summed E-state index contributed by atoms with van der Waals surface area (Å²) in [4.78, 5) is 57.4. The van der Waals surface area contributed by atoms with Gasteiger partial charge in [0.2, 0.25) is 5.91 Å². The SMILES string of the molecule is C[C@@H](C(=O)Nc1cncc(-c2ccc(N3CC4[C@H](C3)C4(F)F)nc2)n1)n1cnc2c1c(=O)n(CC#N)c(=O)n2C. The topological polar surface area (TPSA) is 157 Å². The van der Waals surface area contributed by atoms with Gasteiger partial charge >= 0.3 is 5.69 Å². The van der Waals surface area contributed by atoms with Crippen LogP contribution in [0.2, 0.25) is 0 Å². The van der Waals surface area contributed by atoms with Crippen LogP contribution < -0.4 is 21.5 Å². The number of amides is 1. The molecule has 4 aromatic heterocycles. The summed E-state index contributed by atoms with van der Waals surface area (Å²) in [5.74, 6) is -3.53. The van der Waals surface area contributed by atoms with E-state index in [1.54, 1.807) is 31.3 Å². The van der Waals surface area contributed by atoms with Gasteiger partial charge in [-0.05, 0) is 19.1 Å². The van der Waals surface area contributed by atoms with Crippen molar-refractivity contribution < 1.29 is 13.6 Å². The number of nitrogens with one attached hydrogen (secondary N) is 1. The normalized spacial score (nSPS) is 19.7. The van der Waals surface area contributed by atoms with Crippen molar-refractivity contribution >= 4 is 28.7 Å². The van der Waals surface area contributed by atoms with Crippen LogP contribution in [0, 0.1) is 23.2 Å². The Bertz CT molecular complexity index is 1810. The molecule has 204 valence electrons. The average Bonchev–Trinajstić information content (AvgIpc) is 3.38. The largest absolute Gasteiger partial charge is 0.356 e. The van der Waals surface area contributed by atoms with Crippen molar-refractivity contribution in [3.63, 3.8) is 0 Å². The number of piperidine rings is 1. The van der Waals surface area contributed by atoms with Crippen molar-refractivity contribution in [3.05, 3.63) is 57.9 Å². The number of imidazole rings is 1. The Morgan fingerprint density at radius 1 is 1.20 bits per heavy atom. The average molecular weight is 549 g/mol. The molecule has 1 saturated carbocycles. The van der Waals surface area contributed by atoms with Crippen LogP contribution in [0.15, 0.2) is 46.6 Å². The molecule has 40 heavy (non-hydrogen) atoms. The van der Waals surface area contributed by atoms with Crippen LogP contribution in [0.5, 0.6) is 0 Å². The van der Waals surface area contributed by atoms with Gasteiger partial charge in [-0.15, -0.1) is 0 Å². The van der Waals surface area contributed by atoms with E-state index in [0.29, 0.717) is 17.1 Å². The monoisotopic (exact) mass is 548 g/mol. The summed E-state index contributed by atoms with van der Waals surface area (Å²) in [5.41, 5.74) is -0.271. The van der Waals surface area contributed by atoms with Crippen LogP contribution in [0.4, 0.5) is 20.4 Å². The van der Waals surface area contributed by atoms with Crippen LogP contribution in [0.1, 0.15) is 13.0 Å². The molecular weight excluding hydrogens is 526 g/mol. The number of pyridine rings is 1. The number of rotatable bonds is 6. The third-order valence-corrected chi connectivity index (χ3v) is 7.54. The molecule has 1 aliphatic carbocycles. The van der Waals surface area contributed by atoms with E-state index >= 15 is 0 Å². The second-order valence-electron chi connectivity index (χ2n) is 9.87. The van der Waals surface area contributed by atoms with E-state index in [-0.39, 0.29) is 30.1 Å². The Labute approximate surface area is 224 Å². The first-order valence-corrected chi connectivity index (χ1v) is 12.4. The first-order valence-electron chi connectivity index (χ1n) is 12.4. The zero-order chi connectivity index (χ0) is 28.3. The summed E-state index contributed by atoms with van der Waals surface area (Å²) in [7, 11) is 1.43. The van der Waals surface area contributed by atoms with Crippen LogP contribution in [0.25, 0.3) is 22.4 Å². The van der Waals surface area contributed by atoms with E-state index in [1.807, 2.05) is 4.90 Å². The van der Waals surface area contributed by atoms with Crippen molar-refractivity contribution in [2.75, 3.05) is 23.3 Å². The molecule has 5 heterocycles. The number of anilines is 2. The number of carbonyl (C=O) groups is 1. The fraction of sp³-hybridized carbons (Fsp3) is 0.360. The summed E-state index contributed by atoms with van der Waals surface area (Å²) in [6, 6.07) is 4.35. The van der Waals surface area contributed by atoms with Gasteiger partial charge in [0.15, 0.2) is 17.0 Å². The molecule has 0 spiro atoms. The van der Waals surface area contributed by atoms with Crippen molar-refractivity contribution in [1.29, 1.82) is 5.26 Å². The van der Waals surface area contributed by atoms with E-state index in [2.05, 4.69) is 25.3 Å². The number of alkyl halides is 2. The molecule has 2 fully saturated rings. The van der Waals surface area contributed by atoms with Gasteiger partial charge in [0.25, 0.3) is 11.5 Å². The van der Waals surface area contributed by atoms with E-state index in [9.17, 15) is 23.2 Å². The van der Waals surface area contributed by atoms with Crippen molar-refractivity contribution in [1.82, 2.24) is 33.6 Å². The molecule has 0 bridgehead atoms. The van der Waals surface area contributed by atoms with Crippen molar-refractivity contribution in [3.8, 4) is 17.3 Å². The maximum Gasteiger partial charge on any atom is 0.333 e. The van der Waals surface area contributed by atoms with Crippen LogP contribution in [0.3, 0.4) is 0 Å². The maximum absolute atomic E-state index is 13.5. The van der Waals surface area contributed by atoms with Crippen LogP contribution in [-0.4, -0.2) is 58.6 Å². The van der Waals surface area contributed by atoms with Crippen LogP contribution >= 0.6 is 0 Å². The molecule has 0 radical (unpaired) electrons. The summed E-state index contributed by atoms with van der Waals surface area (Å²) >= 11 is 0. The van der Waals surface area contributed by atoms with Crippen LogP contribution in [-0.2, 0) is 18.4 Å². The molecule has 13 nitrogen and oxygen atoms in total. The molecule has 1 amide bonds. The lowest BCUT2D eigenvalue weighted by molar-refractivity contribution is -0.118. The molecule has 1 N–H and O–H groups in total. The summed E-state index contributed by atoms with van der Waals surface area (Å²) in [6.07, 6.45) is 5.72. The molecule has 6 rings (SSSR count). The van der Waals surface area contributed by atoms with E-state index in [0.717, 1.165) is 9.13 Å². The predicted octanol–water partition coefficient (Wildman–Crippen LogP) is 1.17.